The lowest BCUT2D eigenvalue weighted by Gasteiger charge is -2.33. The van der Waals surface area contributed by atoms with Crippen molar-refractivity contribution in [3.63, 3.8) is 0 Å². The van der Waals surface area contributed by atoms with Crippen LogP contribution in [0.25, 0.3) is 0 Å². The van der Waals surface area contributed by atoms with E-state index in [1.165, 1.54) is 10.5 Å². The fourth-order valence-electron chi connectivity index (χ4n) is 3.03. The molecule has 4 nitrogen and oxygen atoms in total. The van der Waals surface area contributed by atoms with Crippen molar-refractivity contribution >= 4 is 17.9 Å². The van der Waals surface area contributed by atoms with Gasteiger partial charge in [0.05, 0.1) is 6.61 Å². The molecule has 21 heavy (non-hydrogen) atoms. The maximum atomic E-state index is 11.7. The molecule has 1 aromatic rings. The van der Waals surface area contributed by atoms with Crippen LogP contribution in [-0.4, -0.2) is 42.5 Å². The summed E-state index contributed by atoms with van der Waals surface area (Å²) in [4.78, 5) is 14.9. The van der Waals surface area contributed by atoms with E-state index in [-0.39, 0.29) is 6.09 Å². The van der Waals surface area contributed by atoms with E-state index in [2.05, 4.69) is 29.6 Å². The van der Waals surface area contributed by atoms with Gasteiger partial charge in [0.15, 0.2) is 0 Å². The molecular formula is C16H22N2O2S. The first kappa shape index (κ1) is 14.7. The van der Waals surface area contributed by atoms with Gasteiger partial charge < -0.3 is 15.0 Å². The summed E-state index contributed by atoms with van der Waals surface area (Å²) in [7, 11) is 0. The lowest BCUT2D eigenvalue weighted by molar-refractivity contribution is 0.0944. The third kappa shape index (κ3) is 3.35. The lowest BCUT2D eigenvalue weighted by atomic mass is 10.0. The summed E-state index contributed by atoms with van der Waals surface area (Å²) < 4.78 is 5.06. The summed E-state index contributed by atoms with van der Waals surface area (Å²) in [6, 6.07) is 9.58. The molecule has 0 radical (unpaired) electrons. The number of ether oxygens (including phenoxy) is 1. The number of likely N-dealkylation sites (tertiary alicyclic amines) is 1. The zero-order valence-corrected chi connectivity index (χ0v) is 13.2. The second-order valence-electron chi connectivity index (χ2n) is 5.53. The molecular weight excluding hydrogens is 284 g/mol. The molecule has 2 heterocycles. The zero-order chi connectivity index (χ0) is 14.7. The molecule has 0 saturated carbocycles. The first-order valence-electron chi connectivity index (χ1n) is 7.67. The van der Waals surface area contributed by atoms with Gasteiger partial charge in [-0.25, -0.2) is 4.79 Å². The number of nitrogens with zero attached hydrogens (tertiary/aromatic N) is 1. The van der Waals surface area contributed by atoms with E-state index in [9.17, 15) is 4.79 Å². The van der Waals surface area contributed by atoms with Gasteiger partial charge in [-0.05, 0) is 31.4 Å². The molecule has 1 atom stereocenters. The summed E-state index contributed by atoms with van der Waals surface area (Å²) in [5.74, 6) is 1.11. The first-order valence-corrected chi connectivity index (χ1v) is 8.66. The highest BCUT2D eigenvalue weighted by Gasteiger charge is 2.28. The Morgan fingerprint density at radius 1 is 1.38 bits per heavy atom. The van der Waals surface area contributed by atoms with E-state index in [1.54, 1.807) is 0 Å². The Hall–Kier alpha value is -1.20. The molecule has 1 amide bonds. The maximum absolute atomic E-state index is 11.7. The normalized spacial score (nSPS) is 22.1. The second-order valence-corrected chi connectivity index (χ2v) is 6.59. The Morgan fingerprint density at radius 3 is 2.90 bits per heavy atom. The van der Waals surface area contributed by atoms with Crippen LogP contribution in [0.5, 0.6) is 0 Å². The predicted octanol–water partition coefficient (Wildman–Crippen LogP) is 3.04. The van der Waals surface area contributed by atoms with Crippen molar-refractivity contribution in [2.75, 3.05) is 25.4 Å². The molecule has 1 unspecified atom stereocenters. The molecule has 114 valence electrons. The average molecular weight is 306 g/mol. The summed E-state index contributed by atoms with van der Waals surface area (Å²) in [5.41, 5.74) is 1.43. The molecule has 2 aliphatic heterocycles. The molecule has 1 N–H and O–H groups in total. The Balaban J connectivity index is 1.51. The van der Waals surface area contributed by atoms with Gasteiger partial charge in [-0.2, -0.15) is 0 Å². The highest BCUT2D eigenvalue weighted by Crippen LogP contribution is 2.38. The Morgan fingerprint density at radius 2 is 2.14 bits per heavy atom. The van der Waals surface area contributed by atoms with Gasteiger partial charge in [0, 0.05) is 35.8 Å². The fourth-order valence-corrected chi connectivity index (χ4v) is 4.20. The number of nitrogens with one attached hydrogen (secondary N) is 1. The van der Waals surface area contributed by atoms with Crippen molar-refractivity contribution < 1.29 is 9.53 Å². The largest absolute Gasteiger partial charge is 0.450 e. The van der Waals surface area contributed by atoms with Crippen LogP contribution in [0.15, 0.2) is 29.2 Å². The number of rotatable bonds is 3. The minimum Gasteiger partial charge on any atom is -0.450 e. The first-order chi connectivity index (χ1) is 10.3. The molecule has 3 rings (SSSR count). The van der Waals surface area contributed by atoms with Crippen LogP contribution in [0.3, 0.4) is 0 Å². The molecule has 0 aliphatic carbocycles. The Kier molecular flexibility index (Phi) is 4.70. The molecule has 1 fully saturated rings. The van der Waals surface area contributed by atoms with Gasteiger partial charge in [0.2, 0.25) is 0 Å². The Bertz CT molecular complexity index is 501. The fraction of sp³-hybridized carbons (Fsp3) is 0.562. The molecule has 2 aliphatic rings. The predicted molar refractivity (Wildman–Crippen MR) is 84.7 cm³/mol. The third-order valence-electron chi connectivity index (χ3n) is 4.16. The van der Waals surface area contributed by atoms with Crippen molar-refractivity contribution in [3.8, 4) is 0 Å². The highest BCUT2D eigenvalue weighted by atomic mass is 32.2. The lowest BCUT2D eigenvalue weighted by Crippen LogP contribution is -2.46. The summed E-state index contributed by atoms with van der Waals surface area (Å²) >= 11 is 1.93. The van der Waals surface area contributed by atoms with Crippen molar-refractivity contribution in [1.29, 1.82) is 0 Å². The van der Waals surface area contributed by atoms with Crippen LogP contribution in [0.4, 0.5) is 4.79 Å². The third-order valence-corrected chi connectivity index (χ3v) is 5.34. The van der Waals surface area contributed by atoms with Gasteiger partial charge in [-0.1, -0.05) is 18.2 Å². The number of amides is 1. The monoisotopic (exact) mass is 306 g/mol. The number of benzene rings is 1. The van der Waals surface area contributed by atoms with Crippen molar-refractivity contribution in [2.24, 2.45) is 0 Å². The average Bonchev–Trinajstić information content (AvgIpc) is 2.92. The van der Waals surface area contributed by atoms with E-state index in [0.717, 1.165) is 31.7 Å². The number of hydrogen-bond acceptors (Lipinski definition) is 4. The molecule has 0 spiro atoms. The van der Waals surface area contributed by atoms with Crippen LogP contribution in [0.1, 0.15) is 31.4 Å². The zero-order valence-electron chi connectivity index (χ0n) is 12.4. The number of hydrogen-bond donors (Lipinski definition) is 1. The number of piperidine rings is 1. The van der Waals surface area contributed by atoms with Gasteiger partial charge in [0.25, 0.3) is 0 Å². The molecule has 0 bridgehead atoms. The van der Waals surface area contributed by atoms with Crippen molar-refractivity contribution in [1.82, 2.24) is 10.2 Å². The summed E-state index contributed by atoms with van der Waals surface area (Å²) in [6.45, 7) is 3.88. The minimum absolute atomic E-state index is 0.169. The standard InChI is InChI=1S/C16H22N2O2S/c1-2-20-16(19)18-9-7-12(8-10-18)17-14-11-21-15-6-4-3-5-13(14)15/h3-6,12,14,17H,2,7-11H2,1H3. The van der Waals surface area contributed by atoms with Crippen molar-refractivity contribution in [2.45, 2.75) is 36.7 Å². The van der Waals surface area contributed by atoms with E-state index in [0.29, 0.717) is 18.7 Å². The summed E-state index contributed by atoms with van der Waals surface area (Å²) in [6.07, 6.45) is 1.84. The quantitative estimate of drug-likeness (QED) is 0.932. The molecule has 1 aromatic carbocycles. The van der Waals surface area contributed by atoms with E-state index < -0.39 is 0 Å². The van der Waals surface area contributed by atoms with Crippen LogP contribution >= 0.6 is 11.8 Å². The molecule has 5 heteroatoms. The Labute approximate surface area is 130 Å². The molecule has 0 aromatic heterocycles. The molecule has 1 saturated heterocycles. The maximum Gasteiger partial charge on any atom is 0.409 e. The van der Waals surface area contributed by atoms with Gasteiger partial charge in [-0.3, -0.25) is 0 Å². The van der Waals surface area contributed by atoms with Crippen LogP contribution in [-0.2, 0) is 4.74 Å². The number of carbonyl (C=O) groups is 1. The van der Waals surface area contributed by atoms with Gasteiger partial charge in [0.1, 0.15) is 0 Å². The van der Waals surface area contributed by atoms with Gasteiger partial charge in [-0.15, -0.1) is 11.8 Å². The van der Waals surface area contributed by atoms with Crippen LogP contribution < -0.4 is 5.32 Å². The van der Waals surface area contributed by atoms with Gasteiger partial charge >= 0.3 is 6.09 Å². The van der Waals surface area contributed by atoms with E-state index >= 15 is 0 Å². The van der Waals surface area contributed by atoms with Crippen molar-refractivity contribution in [3.05, 3.63) is 29.8 Å². The topological polar surface area (TPSA) is 41.6 Å². The van der Waals surface area contributed by atoms with E-state index in [1.807, 2.05) is 23.6 Å². The minimum atomic E-state index is -0.169. The highest BCUT2D eigenvalue weighted by molar-refractivity contribution is 7.99. The summed E-state index contributed by atoms with van der Waals surface area (Å²) in [5, 5.41) is 3.77. The van der Waals surface area contributed by atoms with E-state index in [4.69, 9.17) is 4.74 Å². The number of thioether (sulfide) groups is 1. The number of fused-ring (bicyclic) bond motifs is 1. The second kappa shape index (κ2) is 6.71. The number of carbonyl (C=O) groups excluding carboxylic acids is 1. The van der Waals surface area contributed by atoms with Crippen LogP contribution in [0, 0.1) is 0 Å². The van der Waals surface area contributed by atoms with Crippen LogP contribution in [0.2, 0.25) is 0 Å². The SMILES string of the molecule is CCOC(=O)N1CCC(NC2CSc3ccccc32)CC1. The smallest absolute Gasteiger partial charge is 0.409 e.